The first-order chi connectivity index (χ1) is 9.01. The van der Waals surface area contributed by atoms with Gasteiger partial charge in [-0.05, 0) is 12.1 Å². The molecule has 1 atom stereocenters. The van der Waals surface area contributed by atoms with Gasteiger partial charge in [0.2, 0.25) is 0 Å². The zero-order valence-corrected chi connectivity index (χ0v) is 11.2. The van der Waals surface area contributed by atoms with E-state index in [2.05, 4.69) is 4.98 Å². The molecule has 0 fully saturated rings. The monoisotopic (exact) mass is 263 g/mol. The average Bonchev–Trinajstić information content (AvgIpc) is 2.77. The highest BCUT2D eigenvalue weighted by molar-refractivity contribution is 5.75. The molecule has 1 aromatic carbocycles. The molecule has 0 spiro atoms. The van der Waals surface area contributed by atoms with Gasteiger partial charge < -0.3 is 14.3 Å². The number of ether oxygens (including phenoxy) is 1. The molecule has 0 radical (unpaired) electrons. The summed E-state index contributed by atoms with van der Waals surface area (Å²) >= 11 is 0. The molecule has 0 bridgehead atoms. The van der Waals surface area contributed by atoms with E-state index in [1.54, 1.807) is 32.0 Å². The van der Waals surface area contributed by atoms with Gasteiger partial charge in [0, 0.05) is 18.4 Å². The second-order valence-corrected chi connectivity index (χ2v) is 4.71. The van der Waals surface area contributed by atoms with Gasteiger partial charge in [-0.1, -0.05) is 20.8 Å². The molecule has 102 valence electrons. The van der Waals surface area contributed by atoms with Crippen LogP contribution < -0.4 is 4.74 Å². The number of carboxylic acid groups (broad SMARTS) is 1. The number of oxazole rings is 1. The molecule has 0 aliphatic carbocycles. The number of aromatic nitrogens is 1. The van der Waals surface area contributed by atoms with E-state index >= 15 is 0 Å². The van der Waals surface area contributed by atoms with Crippen LogP contribution in [0.15, 0.2) is 22.6 Å². The summed E-state index contributed by atoms with van der Waals surface area (Å²) in [6.07, 6.45) is -0.153. The van der Waals surface area contributed by atoms with Crippen molar-refractivity contribution < 1.29 is 19.1 Å². The average molecular weight is 263 g/mol. The lowest BCUT2D eigenvalue weighted by Crippen LogP contribution is -2.32. The molecule has 0 aliphatic heterocycles. The molecule has 5 nitrogen and oxygen atoms in total. The van der Waals surface area contributed by atoms with Gasteiger partial charge in [0.1, 0.15) is 11.3 Å². The quantitative estimate of drug-likeness (QED) is 0.897. The van der Waals surface area contributed by atoms with Crippen LogP contribution >= 0.6 is 0 Å². The highest BCUT2D eigenvalue weighted by Gasteiger charge is 2.23. The molecular weight excluding hydrogens is 246 g/mol. The summed E-state index contributed by atoms with van der Waals surface area (Å²) in [6.45, 7) is 5.57. The van der Waals surface area contributed by atoms with Crippen LogP contribution in [0.2, 0.25) is 0 Å². The lowest BCUT2D eigenvalue weighted by molar-refractivity contribution is -0.147. The third-order valence-corrected chi connectivity index (χ3v) is 2.82. The number of carbonyl (C=O) groups is 1. The lowest BCUT2D eigenvalue weighted by Gasteiger charge is -2.18. The second kappa shape index (κ2) is 5.30. The summed E-state index contributed by atoms with van der Waals surface area (Å²) in [6, 6.07) is 5.16. The van der Waals surface area contributed by atoms with Crippen molar-refractivity contribution in [2.75, 3.05) is 0 Å². The third kappa shape index (κ3) is 2.86. The van der Waals surface area contributed by atoms with Crippen molar-refractivity contribution in [3.05, 3.63) is 24.1 Å². The van der Waals surface area contributed by atoms with Crippen molar-refractivity contribution in [3.63, 3.8) is 0 Å². The molecular formula is C14H17NO4. The van der Waals surface area contributed by atoms with Crippen LogP contribution in [0.3, 0.4) is 0 Å². The van der Waals surface area contributed by atoms with E-state index in [4.69, 9.17) is 14.3 Å². The van der Waals surface area contributed by atoms with Gasteiger partial charge in [0.05, 0.1) is 0 Å². The Kier molecular flexibility index (Phi) is 3.74. The predicted octanol–water partition coefficient (Wildman–Crippen LogP) is 2.88. The normalized spacial score (nSPS) is 12.8. The Morgan fingerprint density at radius 3 is 2.79 bits per heavy atom. The van der Waals surface area contributed by atoms with Gasteiger partial charge in [0.25, 0.3) is 0 Å². The maximum Gasteiger partial charge on any atom is 0.345 e. The number of rotatable bonds is 5. The molecule has 0 saturated carbocycles. The fourth-order valence-electron chi connectivity index (χ4n) is 1.80. The first kappa shape index (κ1) is 13.4. The predicted molar refractivity (Wildman–Crippen MR) is 70.3 cm³/mol. The minimum Gasteiger partial charge on any atom is -0.478 e. The highest BCUT2D eigenvalue weighted by Crippen LogP contribution is 2.24. The molecule has 2 rings (SSSR count). The zero-order chi connectivity index (χ0) is 14.0. The number of aryl methyl sites for hydroxylation is 1. The molecule has 0 amide bonds. The Hall–Kier alpha value is -2.04. The summed E-state index contributed by atoms with van der Waals surface area (Å²) < 4.78 is 11.0. The van der Waals surface area contributed by atoms with Crippen molar-refractivity contribution >= 4 is 17.1 Å². The standard InChI is InChI=1S/C14H17NO4/c1-4-12-15-10-6-5-9(7-11(10)19-12)18-13(8(2)3)14(16)17/h5-8,13H,4H2,1-3H3,(H,16,17). The number of benzene rings is 1. The van der Waals surface area contributed by atoms with Gasteiger partial charge in [-0.2, -0.15) is 0 Å². The molecule has 0 saturated heterocycles. The second-order valence-electron chi connectivity index (χ2n) is 4.71. The number of nitrogens with zero attached hydrogens (tertiary/aromatic N) is 1. The van der Waals surface area contributed by atoms with Gasteiger partial charge in [-0.25, -0.2) is 9.78 Å². The number of aliphatic carboxylic acids is 1. The number of carboxylic acids is 1. The smallest absolute Gasteiger partial charge is 0.345 e. The van der Waals surface area contributed by atoms with Crippen molar-refractivity contribution in [1.29, 1.82) is 0 Å². The third-order valence-electron chi connectivity index (χ3n) is 2.82. The molecule has 5 heteroatoms. The summed E-state index contributed by atoms with van der Waals surface area (Å²) in [4.78, 5) is 15.4. The Balaban J connectivity index is 2.27. The Bertz CT molecular complexity index is 588. The molecule has 2 aromatic rings. The van der Waals surface area contributed by atoms with Crippen LogP contribution in [0.25, 0.3) is 11.1 Å². The molecule has 1 unspecified atom stereocenters. The lowest BCUT2D eigenvalue weighted by atomic mass is 10.1. The molecule has 1 N–H and O–H groups in total. The summed E-state index contributed by atoms with van der Waals surface area (Å²) in [5.74, 6) is 0.0502. The Labute approximate surface area is 111 Å². The minimum absolute atomic E-state index is 0.117. The molecule has 19 heavy (non-hydrogen) atoms. The van der Waals surface area contributed by atoms with Crippen molar-refractivity contribution in [3.8, 4) is 5.75 Å². The van der Waals surface area contributed by atoms with Gasteiger partial charge >= 0.3 is 5.97 Å². The van der Waals surface area contributed by atoms with E-state index in [9.17, 15) is 4.79 Å². The fourth-order valence-corrected chi connectivity index (χ4v) is 1.80. The van der Waals surface area contributed by atoms with Gasteiger partial charge in [-0.3, -0.25) is 0 Å². The SMILES string of the molecule is CCc1nc2ccc(OC(C(=O)O)C(C)C)cc2o1. The van der Waals surface area contributed by atoms with E-state index in [1.165, 1.54) is 0 Å². The maximum atomic E-state index is 11.1. The van der Waals surface area contributed by atoms with Crippen LogP contribution in [-0.4, -0.2) is 22.2 Å². The first-order valence-electron chi connectivity index (χ1n) is 6.30. The first-order valence-corrected chi connectivity index (χ1v) is 6.30. The Morgan fingerprint density at radius 1 is 1.47 bits per heavy atom. The molecule has 0 aliphatic rings. The topological polar surface area (TPSA) is 72.6 Å². The van der Waals surface area contributed by atoms with Crippen molar-refractivity contribution in [1.82, 2.24) is 4.98 Å². The van der Waals surface area contributed by atoms with Crippen molar-refractivity contribution in [2.45, 2.75) is 33.3 Å². The largest absolute Gasteiger partial charge is 0.478 e. The van der Waals surface area contributed by atoms with Gasteiger partial charge in [0.15, 0.2) is 17.6 Å². The van der Waals surface area contributed by atoms with Crippen LogP contribution in [0, 0.1) is 5.92 Å². The summed E-state index contributed by atoms with van der Waals surface area (Å²) in [5.41, 5.74) is 1.36. The number of hydrogen-bond acceptors (Lipinski definition) is 4. The highest BCUT2D eigenvalue weighted by atomic mass is 16.5. The van der Waals surface area contributed by atoms with Gasteiger partial charge in [-0.15, -0.1) is 0 Å². The number of fused-ring (bicyclic) bond motifs is 1. The van der Waals surface area contributed by atoms with E-state index in [0.29, 0.717) is 23.6 Å². The summed E-state index contributed by atoms with van der Waals surface area (Å²) in [7, 11) is 0. The van der Waals surface area contributed by atoms with Crippen LogP contribution in [0.1, 0.15) is 26.7 Å². The fraction of sp³-hybridized carbons (Fsp3) is 0.429. The summed E-state index contributed by atoms with van der Waals surface area (Å²) in [5, 5.41) is 9.10. The minimum atomic E-state index is -0.970. The van der Waals surface area contributed by atoms with Crippen LogP contribution in [0.5, 0.6) is 5.75 Å². The molecule has 1 aromatic heterocycles. The van der Waals surface area contributed by atoms with E-state index < -0.39 is 12.1 Å². The Morgan fingerprint density at radius 2 is 2.21 bits per heavy atom. The maximum absolute atomic E-state index is 11.1. The van der Waals surface area contributed by atoms with E-state index in [0.717, 1.165) is 5.52 Å². The van der Waals surface area contributed by atoms with E-state index in [1.807, 2.05) is 6.92 Å². The zero-order valence-electron chi connectivity index (χ0n) is 11.2. The number of hydrogen-bond donors (Lipinski definition) is 1. The van der Waals surface area contributed by atoms with Crippen molar-refractivity contribution in [2.24, 2.45) is 5.92 Å². The van der Waals surface area contributed by atoms with Crippen LogP contribution in [0.4, 0.5) is 0 Å². The van der Waals surface area contributed by atoms with E-state index in [-0.39, 0.29) is 5.92 Å². The molecule has 1 heterocycles. The van der Waals surface area contributed by atoms with Crippen LogP contribution in [-0.2, 0) is 11.2 Å².